The summed E-state index contributed by atoms with van der Waals surface area (Å²) in [5.41, 5.74) is 3.18. The Hall–Kier alpha value is -2.62. The minimum absolute atomic E-state index is 0.126. The predicted molar refractivity (Wildman–Crippen MR) is 146 cm³/mol. The van der Waals surface area contributed by atoms with Gasteiger partial charge in [-0.25, -0.2) is 8.42 Å². The summed E-state index contributed by atoms with van der Waals surface area (Å²) in [6.07, 6.45) is 6.08. The van der Waals surface area contributed by atoms with E-state index in [1.165, 1.54) is 19.3 Å². The van der Waals surface area contributed by atoms with Crippen LogP contribution in [0.15, 0.2) is 41.3 Å². The highest BCUT2D eigenvalue weighted by Crippen LogP contribution is 2.32. The molecule has 37 heavy (non-hydrogen) atoms. The van der Waals surface area contributed by atoms with E-state index in [4.69, 9.17) is 9.47 Å². The maximum atomic E-state index is 13.7. The van der Waals surface area contributed by atoms with Gasteiger partial charge in [-0.3, -0.25) is 4.79 Å². The number of nitrogens with one attached hydrogen (secondary N) is 1. The minimum Gasteiger partial charge on any atom is -0.497 e. The average Bonchev–Trinajstić information content (AvgIpc) is 2.89. The van der Waals surface area contributed by atoms with E-state index >= 15 is 0 Å². The monoisotopic (exact) mass is 529 g/mol. The summed E-state index contributed by atoms with van der Waals surface area (Å²) in [6.45, 7) is 6.16. The van der Waals surface area contributed by atoms with Gasteiger partial charge in [0.1, 0.15) is 12.4 Å². The lowest BCUT2D eigenvalue weighted by molar-refractivity contribution is -0.121. The lowest BCUT2D eigenvalue weighted by atomic mass is 10.1. The summed E-state index contributed by atoms with van der Waals surface area (Å²) in [7, 11) is -2.15. The second-order valence-corrected chi connectivity index (χ2v) is 11.8. The zero-order valence-corrected chi connectivity index (χ0v) is 23.0. The third-order valence-corrected chi connectivity index (χ3v) is 9.46. The van der Waals surface area contributed by atoms with Crippen molar-refractivity contribution in [3.8, 4) is 5.75 Å². The molecule has 2 saturated heterocycles. The molecule has 9 heteroatoms. The molecular weight excluding hydrogens is 490 g/mol. The fourth-order valence-corrected chi connectivity index (χ4v) is 7.52. The number of carbonyl (C=O) groups excluding carboxylic acids is 1. The summed E-state index contributed by atoms with van der Waals surface area (Å²) in [5.74, 6) is 0.391. The molecular formula is C28H39N3O5S. The van der Waals surface area contributed by atoms with Crippen LogP contribution in [0.2, 0.25) is 0 Å². The zero-order valence-electron chi connectivity index (χ0n) is 22.2. The van der Waals surface area contributed by atoms with E-state index in [0.717, 1.165) is 37.3 Å². The van der Waals surface area contributed by atoms with Gasteiger partial charge in [-0.05, 0) is 87.4 Å². The highest BCUT2D eigenvalue weighted by molar-refractivity contribution is 7.89. The molecule has 2 aromatic carbocycles. The zero-order chi connectivity index (χ0) is 26.4. The highest BCUT2D eigenvalue weighted by Gasteiger charge is 2.35. The molecule has 1 unspecified atom stereocenters. The van der Waals surface area contributed by atoms with E-state index in [0.29, 0.717) is 34.7 Å². The van der Waals surface area contributed by atoms with Crippen LogP contribution in [0, 0.1) is 13.8 Å². The fourth-order valence-electron chi connectivity index (χ4n) is 5.43. The third kappa shape index (κ3) is 6.64. The molecule has 0 aromatic heterocycles. The van der Waals surface area contributed by atoms with E-state index in [9.17, 15) is 13.2 Å². The molecule has 8 nitrogen and oxygen atoms in total. The van der Waals surface area contributed by atoms with Gasteiger partial charge in [-0.15, -0.1) is 0 Å². The molecule has 2 heterocycles. The Balaban J connectivity index is 1.36. The van der Waals surface area contributed by atoms with E-state index in [2.05, 4.69) is 16.3 Å². The number of methoxy groups -OCH3 is 1. The van der Waals surface area contributed by atoms with Crippen LogP contribution in [-0.4, -0.2) is 64.6 Å². The number of rotatable bonds is 9. The largest absolute Gasteiger partial charge is 0.497 e. The van der Waals surface area contributed by atoms with Gasteiger partial charge in [0, 0.05) is 37.1 Å². The summed E-state index contributed by atoms with van der Waals surface area (Å²) in [5, 5.41) is 2.92. The highest BCUT2D eigenvalue weighted by atomic mass is 32.2. The van der Waals surface area contributed by atoms with Crippen molar-refractivity contribution in [2.75, 3.05) is 50.2 Å². The van der Waals surface area contributed by atoms with Crippen LogP contribution < -0.4 is 15.0 Å². The molecule has 4 rings (SSSR count). The quantitative estimate of drug-likeness (QED) is 0.515. The Morgan fingerprint density at radius 2 is 1.70 bits per heavy atom. The van der Waals surface area contributed by atoms with E-state index in [-0.39, 0.29) is 25.2 Å². The molecule has 1 atom stereocenters. The maximum absolute atomic E-state index is 13.7. The molecule has 0 radical (unpaired) electrons. The summed E-state index contributed by atoms with van der Waals surface area (Å²) >= 11 is 0. The maximum Gasteiger partial charge on any atom is 0.250 e. The van der Waals surface area contributed by atoms with Crippen LogP contribution in [0.25, 0.3) is 0 Å². The number of piperidine rings is 2. The van der Waals surface area contributed by atoms with Crippen LogP contribution >= 0.6 is 0 Å². The number of sulfonamides is 1. The number of hydrogen-bond donors (Lipinski definition) is 1. The van der Waals surface area contributed by atoms with Crippen molar-refractivity contribution >= 4 is 27.3 Å². The van der Waals surface area contributed by atoms with Crippen LogP contribution in [0.5, 0.6) is 5.75 Å². The first kappa shape index (κ1) is 27.4. The van der Waals surface area contributed by atoms with Gasteiger partial charge < -0.3 is 19.7 Å². The van der Waals surface area contributed by atoms with Crippen LogP contribution in [0.1, 0.15) is 49.7 Å². The Bertz CT molecular complexity index is 1170. The van der Waals surface area contributed by atoms with Gasteiger partial charge in [0.05, 0.1) is 18.6 Å². The molecule has 0 bridgehead atoms. The molecule has 2 fully saturated rings. The third-order valence-electron chi connectivity index (χ3n) is 7.20. The average molecular weight is 530 g/mol. The smallest absolute Gasteiger partial charge is 0.250 e. The normalized spacial score (nSPS) is 19.0. The number of anilines is 2. The van der Waals surface area contributed by atoms with Gasteiger partial charge in [-0.1, -0.05) is 12.5 Å². The van der Waals surface area contributed by atoms with Crippen LogP contribution in [-0.2, 0) is 19.6 Å². The number of ether oxygens (including phenoxy) is 2. The SMILES string of the molecule is COc1cc(C)c(S(=O)(=O)N2CCCCC2COCC(=O)Nc2cccc(N3CCCCC3)c2)c(C)c1. The van der Waals surface area contributed by atoms with Gasteiger partial charge in [0.15, 0.2) is 0 Å². The Morgan fingerprint density at radius 1 is 1.00 bits per heavy atom. The van der Waals surface area contributed by atoms with Crippen molar-refractivity contribution in [1.29, 1.82) is 0 Å². The summed E-state index contributed by atoms with van der Waals surface area (Å²) in [4.78, 5) is 15.3. The molecule has 1 amide bonds. The van der Waals surface area contributed by atoms with Gasteiger partial charge in [0.2, 0.25) is 15.9 Å². The van der Waals surface area contributed by atoms with E-state index < -0.39 is 10.0 Å². The van der Waals surface area contributed by atoms with Crippen molar-refractivity contribution in [3.05, 3.63) is 47.5 Å². The number of hydrogen-bond acceptors (Lipinski definition) is 6. The lowest BCUT2D eigenvalue weighted by Gasteiger charge is -2.35. The Morgan fingerprint density at radius 3 is 2.41 bits per heavy atom. The summed E-state index contributed by atoms with van der Waals surface area (Å²) < 4.78 is 40.0. The molecule has 202 valence electrons. The van der Waals surface area contributed by atoms with Gasteiger partial charge >= 0.3 is 0 Å². The second kappa shape index (κ2) is 12.3. The fraction of sp³-hybridized carbons (Fsp3) is 0.536. The topological polar surface area (TPSA) is 88.2 Å². The molecule has 2 aromatic rings. The van der Waals surface area contributed by atoms with Gasteiger partial charge in [-0.2, -0.15) is 4.31 Å². The minimum atomic E-state index is -3.72. The van der Waals surface area contributed by atoms with Crippen LogP contribution in [0.3, 0.4) is 0 Å². The molecule has 0 aliphatic carbocycles. The predicted octanol–water partition coefficient (Wildman–Crippen LogP) is 4.50. The van der Waals surface area contributed by atoms with Gasteiger partial charge in [0.25, 0.3) is 0 Å². The van der Waals surface area contributed by atoms with Crippen molar-refractivity contribution in [2.45, 2.75) is 63.3 Å². The Kier molecular flexibility index (Phi) is 9.10. The molecule has 2 aliphatic rings. The summed E-state index contributed by atoms with van der Waals surface area (Å²) in [6, 6.07) is 11.1. The molecule has 0 spiro atoms. The van der Waals surface area contributed by atoms with Crippen molar-refractivity contribution in [3.63, 3.8) is 0 Å². The second-order valence-electron chi connectivity index (χ2n) is 10.0. The first-order valence-corrected chi connectivity index (χ1v) is 14.6. The number of nitrogens with zero attached hydrogens (tertiary/aromatic N) is 2. The molecule has 0 saturated carbocycles. The number of aryl methyl sites for hydroxylation is 2. The molecule has 1 N–H and O–H groups in total. The van der Waals surface area contributed by atoms with Crippen LogP contribution in [0.4, 0.5) is 11.4 Å². The number of amides is 1. The standard InChI is InChI=1S/C28H39N3O5S/c1-21-16-26(35-3)17-22(2)28(21)37(33,34)31-15-8-5-11-25(31)19-36-20-27(32)29-23-10-9-12-24(18-23)30-13-6-4-7-14-30/h9-10,12,16-18,25H,4-8,11,13-15,19-20H2,1-3H3,(H,29,32). The number of benzene rings is 2. The van der Waals surface area contributed by atoms with Crippen molar-refractivity contribution < 1.29 is 22.7 Å². The first-order chi connectivity index (χ1) is 17.8. The lowest BCUT2D eigenvalue weighted by Crippen LogP contribution is -2.46. The van der Waals surface area contributed by atoms with E-state index in [1.54, 1.807) is 37.4 Å². The van der Waals surface area contributed by atoms with Crippen molar-refractivity contribution in [2.24, 2.45) is 0 Å². The Labute approximate surface area is 221 Å². The first-order valence-electron chi connectivity index (χ1n) is 13.2. The number of carbonyl (C=O) groups is 1. The molecule has 2 aliphatic heterocycles. The van der Waals surface area contributed by atoms with Crippen molar-refractivity contribution in [1.82, 2.24) is 4.31 Å². The van der Waals surface area contributed by atoms with E-state index in [1.807, 2.05) is 18.2 Å².